The van der Waals surface area contributed by atoms with E-state index >= 15 is 0 Å². The molecule has 1 aliphatic heterocycles. The van der Waals surface area contributed by atoms with Crippen molar-refractivity contribution in [3.63, 3.8) is 0 Å². The van der Waals surface area contributed by atoms with E-state index in [0.717, 1.165) is 0 Å². The molecule has 1 aromatic heterocycles. The van der Waals surface area contributed by atoms with Gasteiger partial charge >= 0.3 is 0 Å². The van der Waals surface area contributed by atoms with Gasteiger partial charge in [0.25, 0.3) is 0 Å². The molecule has 0 saturated carbocycles. The molecule has 1 atom stereocenters. The van der Waals surface area contributed by atoms with E-state index in [0.29, 0.717) is 52.5 Å². The van der Waals surface area contributed by atoms with Gasteiger partial charge in [-0.2, -0.15) is 0 Å². The fourth-order valence-electron chi connectivity index (χ4n) is 3.22. The Hall–Kier alpha value is -1.86. The van der Waals surface area contributed by atoms with Crippen LogP contribution in [0.5, 0.6) is 0 Å². The van der Waals surface area contributed by atoms with Gasteiger partial charge in [-0.3, -0.25) is 14.5 Å². The number of carbonyl (C=O) groups excluding carboxylic acids is 2. The number of nitrogens with one attached hydrogen (secondary N) is 2. The molecule has 0 aliphatic carbocycles. The molecule has 9 heteroatoms. The predicted molar refractivity (Wildman–Crippen MR) is 117 cm³/mol. The van der Waals surface area contributed by atoms with Crippen LogP contribution in [0, 0.1) is 5.92 Å². The molecular weight excluding hydrogens is 435 g/mol. The number of hydrogen-bond acceptors (Lipinski definition) is 4. The van der Waals surface area contributed by atoms with Crippen LogP contribution in [-0.2, 0) is 9.59 Å². The third kappa shape index (κ3) is 5.82. The van der Waals surface area contributed by atoms with Gasteiger partial charge in [-0.05, 0) is 63.2 Å². The van der Waals surface area contributed by atoms with Crippen molar-refractivity contribution in [1.29, 1.82) is 0 Å². The third-order valence-electron chi connectivity index (χ3n) is 4.99. The topological polar surface area (TPSA) is 74.3 Å². The second-order valence-electron chi connectivity index (χ2n) is 6.95. The van der Waals surface area contributed by atoms with Crippen LogP contribution in [0.25, 0.3) is 0 Å². The molecule has 1 aliphatic rings. The van der Waals surface area contributed by atoms with Crippen LogP contribution in [-0.4, -0.2) is 40.8 Å². The molecule has 2 aromatic rings. The van der Waals surface area contributed by atoms with Crippen LogP contribution in [0.4, 0.5) is 11.5 Å². The maximum absolute atomic E-state index is 12.6. The van der Waals surface area contributed by atoms with Gasteiger partial charge in [-0.25, -0.2) is 4.98 Å². The second-order valence-corrected chi connectivity index (χ2v) is 8.23. The molecule has 0 bridgehead atoms. The number of hydrogen-bond donors (Lipinski definition) is 2. The van der Waals surface area contributed by atoms with E-state index < -0.39 is 0 Å². The smallest absolute Gasteiger partial charge is 0.241 e. The average molecular weight is 456 g/mol. The van der Waals surface area contributed by atoms with Crippen molar-refractivity contribution in [3.05, 3.63) is 51.6 Å². The van der Waals surface area contributed by atoms with Crippen LogP contribution >= 0.6 is 34.8 Å². The molecule has 3 rings (SSSR count). The number of likely N-dealkylation sites (tertiary alicyclic amines) is 1. The summed E-state index contributed by atoms with van der Waals surface area (Å²) in [5.41, 5.74) is 0.487. The lowest BCUT2D eigenvalue weighted by Gasteiger charge is -2.34. The number of halogens is 3. The molecule has 0 radical (unpaired) electrons. The van der Waals surface area contributed by atoms with Crippen LogP contribution in [0.1, 0.15) is 19.8 Å². The summed E-state index contributed by atoms with van der Waals surface area (Å²) in [7, 11) is 0. The van der Waals surface area contributed by atoms with Crippen molar-refractivity contribution < 1.29 is 9.59 Å². The van der Waals surface area contributed by atoms with E-state index in [4.69, 9.17) is 34.8 Å². The summed E-state index contributed by atoms with van der Waals surface area (Å²) in [4.78, 5) is 31.2. The number of anilines is 2. The second kappa shape index (κ2) is 9.76. The van der Waals surface area contributed by atoms with Crippen molar-refractivity contribution in [2.24, 2.45) is 5.92 Å². The summed E-state index contributed by atoms with van der Waals surface area (Å²) in [6.07, 6.45) is 2.82. The van der Waals surface area contributed by atoms with Gasteiger partial charge in [-0.15, -0.1) is 0 Å². The zero-order chi connectivity index (χ0) is 21.0. The van der Waals surface area contributed by atoms with Gasteiger partial charge in [0.2, 0.25) is 11.8 Å². The first kappa shape index (κ1) is 21.8. The summed E-state index contributed by atoms with van der Waals surface area (Å²) in [6, 6.07) is 7.92. The predicted octanol–water partition coefficient (Wildman–Crippen LogP) is 4.72. The van der Waals surface area contributed by atoms with Crippen molar-refractivity contribution in [2.75, 3.05) is 23.7 Å². The van der Waals surface area contributed by atoms with Crippen molar-refractivity contribution in [2.45, 2.75) is 25.8 Å². The maximum atomic E-state index is 12.6. The third-order valence-corrected chi connectivity index (χ3v) is 5.78. The minimum absolute atomic E-state index is 0.0673. The number of amides is 2. The Balaban J connectivity index is 1.51. The lowest BCUT2D eigenvalue weighted by atomic mass is 9.95. The Labute approximate surface area is 184 Å². The first-order chi connectivity index (χ1) is 13.8. The Morgan fingerprint density at radius 1 is 1.07 bits per heavy atom. The van der Waals surface area contributed by atoms with E-state index in [-0.39, 0.29) is 23.8 Å². The summed E-state index contributed by atoms with van der Waals surface area (Å²) >= 11 is 17.9. The van der Waals surface area contributed by atoms with Gasteiger partial charge in [-0.1, -0.05) is 34.8 Å². The number of rotatable bonds is 5. The van der Waals surface area contributed by atoms with Gasteiger partial charge < -0.3 is 10.6 Å². The standard InChI is InChI=1S/C20H21Cl3N4O2/c1-12(19(28)25-17-10-14(21)2-4-16(17)23)27-8-6-13(7-9-27)20(29)26-18-5-3-15(22)11-24-18/h2-5,10-13H,6-9H2,1H3,(H,25,28)(H,24,26,29). The Morgan fingerprint density at radius 2 is 1.76 bits per heavy atom. The first-order valence-electron chi connectivity index (χ1n) is 9.26. The van der Waals surface area contributed by atoms with Crippen LogP contribution in [0.15, 0.2) is 36.5 Å². The molecule has 2 N–H and O–H groups in total. The van der Waals surface area contributed by atoms with E-state index in [2.05, 4.69) is 20.5 Å². The van der Waals surface area contributed by atoms with E-state index in [1.165, 1.54) is 6.20 Å². The average Bonchev–Trinajstić information content (AvgIpc) is 2.72. The molecule has 2 amide bonds. The lowest BCUT2D eigenvalue weighted by molar-refractivity contribution is -0.123. The minimum Gasteiger partial charge on any atom is -0.323 e. The summed E-state index contributed by atoms with van der Waals surface area (Å²) in [6.45, 7) is 3.12. The Kier molecular flexibility index (Phi) is 7.35. The number of benzene rings is 1. The fraction of sp³-hybridized carbons (Fsp3) is 0.350. The quantitative estimate of drug-likeness (QED) is 0.684. The summed E-state index contributed by atoms with van der Waals surface area (Å²) < 4.78 is 0. The zero-order valence-electron chi connectivity index (χ0n) is 15.8. The van der Waals surface area contributed by atoms with E-state index in [9.17, 15) is 9.59 Å². The maximum Gasteiger partial charge on any atom is 0.241 e. The first-order valence-corrected chi connectivity index (χ1v) is 10.4. The van der Waals surface area contributed by atoms with E-state index in [1.807, 2.05) is 6.92 Å². The highest BCUT2D eigenvalue weighted by molar-refractivity contribution is 6.35. The molecule has 2 heterocycles. The number of carbonyl (C=O) groups is 2. The SMILES string of the molecule is CC(C(=O)Nc1cc(Cl)ccc1Cl)N1CCC(C(=O)Nc2ccc(Cl)cn2)CC1. The number of pyridine rings is 1. The summed E-state index contributed by atoms with van der Waals surface area (Å²) in [5, 5.41) is 7.09. The van der Waals surface area contributed by atoms with Crippen LogP contribution < -0.4 is 10.6 Å². The highest BCUT2D eigenvalue weighted by Crippen LogP contribution is 2.26. The summed E-state index contributed by atoms with van der Waals surface area (Å²) in [5.74, 6) is 0.124. The molecule has 1 fully saturated rings. The molecule has 1 aromatic carbocycles. The largest absolute Gasteiger partial charge is 0.323 e. The fourth-order valence-corrected chi connectivity index (χ4v) is 3.67. The minimum atomic E-state index is -0.355. The molecule has 6 nitrogen and oxygen atoms in total. The highest BCUT2D eigenvalue weighted by Gasteiger charge is 2.30. The molecule has 154 valence electrons. The molecule has 29 heavy (non-hydrogen) atoms. The van der Waals surface area contributed by atoms with Crippen LogP contribution in [0.3, 0.4) is 0 Å². The van der Waals surface area contributed by atoms with Crippen molar-refractivity contribution >= 4 is 58.1 Å². The lowest BCUT2D eigenvalue weighted by Crippen LogP contribution is -2.47. The number of piperidine rings is 1. The Bertz CT molecular complexity index is 884. The monoisotopic (exact) mass is 454 g/mol. The highest BCUT2D eigenvalue weighted by atomic mass is 35.5. The number of aromatic nitrogens is 1. The van der Waals surface area contributed by atoms with Crippen LogP contribution in [0.2, 0.25) is 15.1 Å². The van der Waals surface area contributed by atoms with Gasteiger partial charge in [0, 0.05) is 17.1 Å². The molecular formula is C20H21Cl3N4O2. The van der Waals surface area contributed by atoms with Crippen molar-refractivity contribution in [3.8, 4) is 0 Å². The molecule has 1 saturated heterocycles. The molecule has 0 spiro atoms. The van der Waals surface area contributed by atoms with Gasteiger partial charge in [0.15, 0.2) is 0 Å². The molecule has 1 unspecified atom stereocenters. The normalized spacial score (nSPS) is 16.3. The van der Waals surface area contributed by atoms with E-state index in [1.54, 1.807) is 30.3 Å². The van der Waals surface area contributed by atoms with Gasteiger partial charge in [0.1, 0.15) is 5.82 Å². The van der Waals surface area contributed by atoms with Gasteiger partial charge in [0.05, 0.1) is 21.8 Å². The number of nitrogens with zero attached hydrogens (tertiary/aromatic N) is 2. The zero-order valence-corrected chi connectivity index (χ0v) is 18.1. The van der Waals surface area contributed by atoms with Crippen molar-refractivity contribution in [1.82, 2.24) is 9.88 Å². The Morgan fingerprint density at radius 3 is 2.41 bits per heavy atom.